The maximum atomic E-state index is 5.72. The number of nitrogens with one attached hydrogen (secondary N) is 1. The molecule has 3 nitrogen and oxygen atoms in total. The second-order valence-corrected chi connectivity index (χ2v) is 4.07. The van der Waals surface area contributed by atoms with Gasteiger partial charge in [-0.3, -0.25) is 0 Å². The molecule has 1 aromatic rings. The summed E-state index contributed by atoms with van der Waals surface area (Å²) in [6.07, 6.45) is 1.14. The van der Waals surface area contributed by atoms with Crippen LogP contribution >= 0.6 is 0 Å². The Morgan fingerprint density at radius 3 is 2.75 bits per heavy atom. The molecule has 0 bridgehead atoms. The van der Waals surface area contributed by atoms with E-state index in [2.05, 4.69) is 29.6 Å². The lowest BCUT2D eigenvalue weighted by atomic mass is 10.0. The topological polar surface area (TPSA) is 30.5 Å². The average Bonchev–Trinajstić information content (AvgIpc) is 2.38. The molecule has 2 atom stereocenters. The molecule has 1 aliphatic rings. The van der Waals surface area contributed by atoms with E-state index in [1.165, 1.54) is 5.56 Å². The Morgan fingerprint density at radius 1 is 1.31 bits per heavy atom. The van der Waals surface area contributed by atoms with Gasteiger partial charge in [-0.2, -0.15) is 0 Å². The fourth-order valence-corrected chi connectivity index (χ4v) is 2.03. The molecule has 1 heterocycles. The van der Waals surface area contributed by atoms with Gasteiger partial charge in [0.25, 0.3) is 0 Å². The lowest BCUT2D eigenvalue weighted by Gasteiger charge is -2.30. The highest BCUT2D eigenvalue weighted by Crippen LogP contribution is 2.11. The molecule has 1 saturated heterocycles. The van der Waals surface area contributed by atoms with Crippen molar-refractivity contribution >= 4 is 0 Å². The van der Waals surface area contributed by atoms with E-state index in [9.17, 15) is 0 Å². The Labute approximate surface area is 96.8 Å². The van der Waals surface area contributed by atoms with Gasteiger partial charge >= 0.3 is 0 Å². The number of hydrogen-bond donors (Lipinski definition) is 1. The predicted molar refractivity (Wildman–Crippen MR) is 63.6 cm³/mol. The lowest BCUT2D eigenvalue weighted by molar-refractivity contribution is -0.100. The molecule has 88 valence electrons. The van der Waals surface area contributed by atoms with Crippen molar-refractivity contribution < 1.29 is 9.47 Å². The summed E-state index contributed by atoms with van der Waals surface area (Å²) in [7, 11) is 1.98. The molecule has 1 aromatic carbocycles. The van der Waals surface area contributed by atoms with Gasteiger partial charge in [0.1, 0.15) is 0 Å². The minimum absolute atomic E-state index is 0.166. The van der Waals surface area contributed by atoms with Crippen LogP contribution in [-0.4, -0.2) is 39.0 Å². The molecule has 2 unspecified atom stereocenters. The minimum atomic E-state index is 0.166. The standard InChI is InChI=1S/C13H19NO2/c1-14-12(13-10-15-7-8-16-13)9-11-5-3-2-4-6-11/h2-6,12-14H,7-10H2,1H3. The summed E-state index contributed by atoms with van der Waals surface area (Å²) in [4.78, 5) is 0. The maximum Gasteiger partial charge on any atom is 0.0965 e. The van der Waals surface area contributed by atoms with E-state index < -0.39 is 0 Å². The molecular weight excluding hydrogens is 202 g/mol. The highest BCUT2D eigenvalue weighted by molar-refractivity contribution is 5.16. The molecule has 0 saturated carbocycles. The monoisotopic (exact) mass is 221 g/mol. The predicted octanol–water partition coefficient (Wildman–Crippen LogP) is 1.23. The zero-order chi connectivity index (χ0) is 11.2. The third kappa shape index (κ3) is 3.04. The van der Waals surface area contributed by atoms with Crippen molar-refractivity contribution in [3.05, 3.63) is 35.9 Å². The summed E-state index contributed by atoms with van der Waals surface area (Å²) in [5, 5.41) is 3.32. The van der Waals surface area contributed by atoms with Crippen LogP contribution in [-0.2, 0) is 15.9 Å². The molecule has 0 aliphatic carbocycles. The maximum absolute atomic E-state index is 5.72. The van der Waals surface area contributed by atoms with Crippen molar-refractivity contribution in [2.24, 2.45) is 0 Å². The van der Waals surface area contributed by atoms with Crippen LogP contribution in [0.2, 0.25) is 0 Å². The summed E-state index contributed by atoms with van der Waals surface area (Å²) in [6.45, 7) is 2.12. The van der Waals surface area contributed by atoms with E-state index in [1.54, 1.807) is 0 Å². The van der Waals surface area contributed by atoms with Crippen molar-refractivity contribution in [1.29, 1.82) is 0 Å². The first-order valence-corrected chi connectivity index (χ1v) is 5.80. The molecule has 3 heteroatoms. The normalized spacial score (nSPS) is 22.9. The van der Waals surface area contributed by atoms with Crippen LogP contribution in [0.15, 0.2) is 30.3 Å². The zero-order valence-corrected chi connectivity index (χ0v) is 9.69. The number of rotatable bonds is 4. The van der Waals surface area contributed by atoms with Crippen LogP contribution < -0.4 is 5.32 Å². The molecule has 0 amide bonds. The van der Waals surface area contributed by atoms with Crippen LogP contribution in [0.25, 0.3) is 0 Å². The SMILES string of the molecule is CNC(Cc1ccccc1)C1COCCO1. The van der Waals surface area contributed by atoms with Gasteiger partial charge in [-0.05, 0) is 19.0 Å². The summed E-state index contributed by atoms with van der Waals surface area (Å²) >= 11 is 0. The van der Waals surface area contributed by atoms with E-state index in [0.717, 1.165) is 13.0 Å². The number of likely N-dealkylation sites (N-methyl/N-ethyl adjacent to an activating group) is 1. The highest BCUT2D eigenvalue weighted by Gasteiger charge is 2.23. The molecular formula is C13H19NO2. The van der Waals surface area contributed by atoms with Crippen LogP contribution in [0.4, 0.5) is 0 Å². The third-order valence-electron chi connectivity index (χ3n) is 2.96. The largest absolute Gasteiger partial charge is 0.376 e. The molecule has 0 spiro atoms. The van der Waals surface area contributed by atoms with Crippen LogP contribution in [0.1, 0.15) is 5.56 Å². The van der Waals surface area contributed by atoms with Gasteiger partial charge in [-0.15, -0.1) is 0 Å². The number of ether oxygens (including phenoxy) is 2. The smallest absolute Gasteiger partial charge is 0.0965 e. The van der Waals surface area contributed by atoms with Crippen molar-refractivity contribution in [3.8, 4) is 0 Å². The van der Waals surface area contributed by atoms with Crippen LogP contribution in [0.5, 0.6) is 0 Å². The van der Waals surface area contributed by atoms with Crippen molar-refractivity contribution in [1.82, 2.24) is 5.32 Å². The Morgan fingerprint density at radius 2 is 2.12 bits per heavy atom. The fourth-order valence-electron chi connectivity index (χ4n) is 2.03. The molecule has 16 heavy (non-hydrogen) atoms. The average molecular weight is 221 g/mol. The first-order chi connectivity index (χ1) is 7.90. The van der Waals surface area contributed by atoms with Gasteiger partial charge < -0.3 is 14.8 Å². The van der Waals surface area contributed by atoms with Crippen molar-refractivity contribution in [3.63, 3.8) is 0 Å². The summed E-state index contributed by atoms with van der Waals surface area (Å²) in [5.41, 5.74) is 1.33. The third-order valence-corrected chi connectivity index (χ3v) is 2.96. The Balaban J connectivity index is 1.94. The Bertz CT molecular complexity index is 296. The molecule has 0 radical (unpaired) electrons. The van der Waals surface area contributed by atoms with Crippen LogP contribution in [0.3, 0.4) is 0 Å². The first kappa shape index (κ1) is 11.6. The van der Waals surface area contributed by atoms with Gasteiger partial charge in [0.05, 0.1) is 25.9 Å². The molecule has 0 aromatic heterocycles. The van der Waals surface area contributed by atoms with Crippen molar-refractivity contribution in [2.45, 2.75) is 18.6 Å². The molecule has 1 N–H and O–H groups in total. The van der Waals surface area contributed by atoms with Crippen molar-refractivity contribution in [2.75, 3.05) is 26.9 Å². The second kappa shape index (κ2) is 5.99. The lowest BCUT2D eigenvalue weighted by Crippen LogP contribution is -2.46. The van der Waals surface area contributed by atoms with E-state index in [1.807, 2.05) is 13.1 Å². The van der Waals surface area contributed by atoms with E-state index in [0.29, 0.717) is 19.3 Å². The molecule has 1 aliphatic heterocycles. The number of benzene rings is 1. The quantitative estimate of drug-likeness (QED) is 0.829. The number of hydrogen-bond acceptors (Lipinski definition) is 3. The molecule has 1 fully saturated rings. The summed E-state index contributed by atoms with van der Waals surface area (Å²) in [5.74, 6) is 0. The van der Waals surface area contributed by atoms with Gasteiger partial charge in [0.15, 0.2) is 0 Å². The van der Waals surface area contributed by atoms with Gasteiger partial charge in [-0.1, -0.05) is 30.3 Å². The molecule has 2 rings (SSSR count). The first-order valence-electron chi connectivity index (χ1n) is 5.80. The van der Waals surface area contributed by atoms with E-state index >= 15 is 0 Å². The fraction of sp³-hybridized carbons (Fsp3) is 0.538. The second-order valence-electron chi connectivity index (χ2n) is 4.07. The van der Waals surface area contributed by atoms with Gasteiger partial charge in [0, 0.05) is 6.04 Å². The minimum Gasteiger partial charge on any atom is -0.376 e. The van der Waals surface area contributed by atoms with Crippen LogP contribution in [0, 0.1) is 0 Å². The van der Waals surface area contributed by atoms with E-state index in [4.69, 9.17) is 9.47 Å². The highest BCUT2D eigenvalue weighted by atomic mass is 16.6. The Hall–Kier alpha value is -0.900. The van der Waals surface area contributed by atoms with Gasteiger partial charge in [-0.25, -0.2) is 0 Å². The summed E-state index contributed by atoms with van der Waals surface area (Å²) < 4.78 is 11.2. The van der Waals surface area contributed by atoms with Gasteiger partial charge in [0.2, 0.25) is 0 Å². The van der Waals surface area contributed by atoms with E-state index in [-0.39, 0.29) is 6.10 Å². The summed E-state index contributed by atoms with van der Waals surface area (Å²) in [6, 6.07) is 10.8. The zero-order valence-electron chi connectivity index (χ0n) is 9.69. The Kier molecular flexibility index (Phi) is 4.34.